The number of amides is 1. The van der Waals surface area contributed by atoms with Crippen molar-refractivity contribution in [2.75, 3.05) is 44.9 Å². The normalized spacial score (nSPS) is 14.5. The number of nitrogens with one attached hydrogen (secondary N) is 2. The SMILES string of the molecule is Cn1c(Nc2nc3ccc(CC4CCOCC4)cc3o2)nc2cc(C(=O)NCCOCCO)ccc21. The largest absolute Gasteiger partial charge is 0.423 e. The van der Waals surface area contributed by atoms with Crippen LogP contribution < -0.4 is 10.6 Å². The van der Waals surface area contributed by atoms with Crippen LogP contribution in [0.1, 0.15) is 28.8 Å². The van der Waals surface area contributed by atoms with Crippen LogP contribution in [-0.4, -0.2) is 65.1 Å². The van der Waals surface area contributed by atoms with E-state index in [9.17, 15) is 4.79 Å². The van der Waals surface area contributed by atoms with E-state index in [1.807, 2.05) is 23.7 Å². The van der Waals surface area contributed by atoms with Crippen LogP contribution in [0.2, 0.25) is 0 Å². The molecule has 3 heterocycles. The number of aliphatic hydroxyl groups excluding tert-OH is 1. The molecule has 2 aromatic carbocycles. The summed E-state index contributed by atoms with van der Waals surface area (Å²) in [5, 5.41) is 14.7. The van der Waals surface area contributed by atoms with Gasteiger partial charge < -0.3 is 28.9 Å². The topological polar surface area (TPSA) is 124 Å². The molecule has 10 nitrogen and oxygen atoms in total. The Hall–Kier alpha value is -3.47. The van der Waals surface area contributed by atoms with E-state index in [-0.39, 0.29) is 19.1 Å². The third-order valence-electron chi connectivity index (χ3n) is 6.45. The lowest BCUT2D eigenvalue weighted by Crippen LogP contribution is -2.27. The summed E-state index contributed by atoms with van der Waals surface area (Å²) in [5.41, 5.74) is 4.82. The van der Waals surface area contributed by atoms with Gasteiger partial charge in [-0.1, -0.05) is 6.07 Å². The Kier molecular flexibility index (Phi) is 7.45. The highest BCUT2D eigenvalue weighted by Crippen LogP contribution is 2.27. The Labute approximate surface area is 208 Å². The van der Waals surface area contributed by atoms with Crippen molar-refractivity contribution in [1.29, 1.82) is 0 Å². The third kappa shape index (κ3) is 5.51. The minimum absolute atomic E-state index is 0.0398. The van der Waals surface area contributed by atoms with Crippen LogP contribution in [-0.2, 0) is 22.9 Å². The zero-order chi connectivity index (χ0) is 24.9. The summed E-state index contributed by atoms with van der Waals surface area (Å²) in [7, 11) is 1.89. The second kappa shape index (κ2) is 11.1. The maximum absolute atomic E-state index is 12.5. The number of carbonyl (C=O) groups excluding carboxylic acids is 1. The van der Waals surface area contributed by atoms with Crippen LogP contribution in [0.15, 0.2) is 40.8 Å². The van der Waals surface area contributed by atoms with Crippen LogP contribution in [0, 0.1) is 5.92 Å². The second-order valence-corrected chi connectivity index (χ2v) is 9.00. The molecule has 0 aliphatic carbocycles. The summed E-state index contributed by atoms with van der Waals surface area (Å²) in [5.74, 6) is 0.998. The van der Waals surface area contributed by atoms with Crippen molar-refractivity contribution in [3.05, 3.63) is 47.5 Å². The lowest BCUT2D eigenvalue weighted by molar-refractivity contribution is 0.0665. The van der Waals surface area contributed by atoms with E-state index in [0.717, 1.165) is 49.1 Å². The Morgan fingerprint density at radius 2 is 2.00 bits per heavy atom. The smallest absolute Gasteiger partial charge is 0.302 e. The van der Waals surface area contributed by atoms with Gasteiger partial charge in [0.05, 0.1) is 30.9 Å². The first-order valence-corrected chi connectivity index (χ1v) is 12.3. The van der Waals surface area contributed by atoms with Crippen molar-refractivity contribution in [3.8, 4) is 0 Å². The highest BCUT2D eigenvalue weighted by atomic mass is 16.5. The molecule has 0 saturated carbocycles. The van der Waals surface area contributed by atoms with Gasteiger partial charge in [-0.15, -0.1) is 0 Å². The highest BCUT2D eigenvalue weighted by molar-refractivity contribution is 5.97. The fourth-order valence-corrected chi connectivity index (χ4v) is 4.49. The maximum Gasteiger partial charge on any atom is 0.302 e. The number of hydrogen-bond donors (Lipinski definition) is 3. The predicted molar refractivity (Wildman–Crippen MR) is 135 cm³/mol. The summed E-state index contributed by atoms with van der Waals surface area (Å²) >= 11 is 0. The number of carbonyl (C=O) groups is 1. The molecular formula is C26H31N5O5. The Morgan fingerprint density at radius 1 is 1.14 bits per heavy atom. The average molecular weight is 494 g/mol. The fraction of sp³-hybridized carbons (Fsp3) is 0.423. The van der Waals surface area contributed by atoms with Crippen molar-refractivity contribution >= 4 is 40.0 Å². The van der Waals surface area contributed by atoms with Gasteiger partial charge in [-0.2, -0.15) is 4.98 Å². The number of hydrogen-bond acceptors (Lipinski definition) is 8. The first-order chi connectivity index (χ1) is 17.6. The molecule has 1 saturated heterocycles. The number of aryl methyl sites for hydroxylation is 1. The van der Waals surface area contributed by atoms with E-state index in [1.165, 1.54) is 5.56 Å². The molecule has 3 N–H and O–H groups in total. The number of benzene rings is 2. The Morgan fingerprint density at radius 3 is 2.83 bits per heavy atom. The van der Waals surface area contributed by atoms with E-state index in [1.54, 1.807) is 12.1 Å². The van der Waals surface area contributed by atoms with Crippen molar-refractivity contribution in [3.63, 3.8) is 0 Å². The van der Waals surface area contributed by atoms with Gasteiger partial charge in [-0.05, 0) is 61.1 Å². The maximum atomic E-state index is 12.5. The number of imidazole rings is 1. The molecule has 5 rings (SSSR count). The fourth-order valence-electron chi connectivity index (χ4n) is 4.49. The first-order valence-electron chi connectivity index (χ1n) is 12.3. The molecule has 36 heavy (non-hydrogen) atoms. The number of aliphatic hydroxyl groups is 1. The molecule has 10 heteroatoms. The van der Waals surface area contributed by atoms with E-state index < -0.39 is 0 Å². The Bertz CT molecular complexity index is 1340. The third-order valence-corrected chi connectivity index (χ3v) is 6.45. The minimum atomic E-state index is -0.208. The standard InChI is InChI=1S/C26H31N5O5/c1-31-22-5-3-19(24(33)27-8-12-35-13-9-32)16-21(22)28-25(31)30-26-29-20-4-2-18(15-23(20)36-26)14-17-6-10-34-11-7-17/h2-5,15-17,32H,6-14H2,1H3,(H,27,33)(H,28,29,30). The highest BCUT2D eigenvalue weighted by Gasteiger charge is 2.17. The molecule has 0 radical (unpaired) electrons. The summed E-state index contributed by atoms with van der Waals surface area (Å²) in [4.78, 5) is 21.7. The van der Waals surface area contributed by atoms with Crippen LogP contribution in [0.5, 0.6) is 0 Å². The number of anilines is 2. The Balaban J connectivity index is 1.27. The van der Waals surface area contributed by atoms with Crippen molar-refractivity contribution < 1.29 is 23.8 Å². The molecule has 4 aromatic rings. The van der Waals surface area contributed by atoms with Crippen molar-refractivity contribution in [2.45, 2.75) is 19.3 Å². The summed E-state index contributed by atoms with van der Waals surface area (Å²) in [6.07, 6.45) is 3.20. The zero-order valence-corrected chi connectivity index (χ0v) is 20.3. The second-order valence-electron chi connectivity index (χ2n) is 9.00. The minimum Gasteiger partial charge on any atom is -0.423 e. The lowest BCUT2D eigenvalue weighted by Gasteiger charge is -2.21. The van der Waals surface area contributed by atoms with Gasteiger partial charge in [0.1, 0.15) is 5.52 Å². The van der Waals surface area contributed by atoms with E-state index in [2.05, 4.69) is 32.7 Å². The van der Waals surface area contributed by atoms with Gasteiger partial charge in [0, 0.05) is 32.4 Å². The molecule has 0 atom stereocenters. The number of ether oxygens (including phenoxy) is 2. The molecule has 0 bridgehead atoms. The van der Waals surface area contributed by atoms with Gasteiger partial charge in [0.2, 0.25) is 5.95 Å². The molecule has 0 spiro atoms. The van der Waals surface area contributed by atoms with Crippen molar-refractivity contribution in [1.82, 2.24) is 19.9 Å². The number of fused-ring (bicyclic) bond motifs is 2. The zero-order valence-electron chi connectivity index (χ0n) is 20.3. The van der Waals surface area contributed by atoms with E-state index in [0.29, 0.717) is 42.1 Å². The monoisotopic (exact) mass is 493 g/mol. The van der Waals surface area contributed by atoms with Crippen molar-refractivity contribution in [2.24, 2.45) is 13.0 Å². The number of nitrogens with zero attached hydrogens (tertiary/aromatic N) is 3. The molecule has 1 aliphatic rings. The molecule has 2 aromatic heterocycles. The molecule has 1 fully saturated rings. The van der Waals surface area contributed by atoms with E-state index in [4.69, 9.17) is 19.0 Å². The predicted octanol–water partition coefficient (Wildman–Crippen LogP) is 3.17. The van der Waals surface area contributed by atoms with Crippen LogP contribution in [0.3, 0.4) is 0 Å². The molecule has 1 aliphatic heterocycles. The molecule has 0 unspecified atom stereocenters. The number of oxazole rings is 1. The average Bonchev–Trinajstić information content (AvgIpc) is 3.43. The van der Waals surface area contributed by atoms with Gasteiger partial charge in [-0.25, -0.2) is 4.98 Å². The summed E-state index contributed by atoms with van der Waals surface area (Å²) in [6, 6.07) is 11.9. The summed E-state index contributed by atoms with van der Waals surface area (Å²) < 4.78 is 18.5. The van der Waals surface area contributed by atoms with Gasteiger partial charge in [0.15, 0.2) is 5.58 Å². The number of rotatable bonds is 10. The van der Waals surface area contributed by atoms with Crippen LogP contribution in [0.25, 0.3) is 22.1 Å². The molecular weight excluding hydrogens is 462 g/mol. The number of aromatic nitrogens is 3. The van der Waals surface area contributed by atoms with Crippen LogP contribution in [0.4, 0.5) is 12.0 Å². The quantitative estimate of drug-likeness (QED) is 0.288. The summed E-state index contributed by atoms with van der Waals surface area (Å²) in [6.45, 7) is 2.60. The van der Waals surface area contributed by atoms with Gasteiger partial charge in [0.25, 0.3) is 5.91 Å². The molecule has 190 valence electrons. The van der Waals surface area contributed by atoms with Gasteiger partial charge >= 0.3 is 6.01 Å². The van der Waals surface area contributed by atoms with Gasteiger partial charge in [-0.3, -0.25) is 10.1 Å². The van der Waals surface area contributed by atoms with E-state index >= 15 is 0 Å². The lowest BCUT2D eigenvalue weighted by atomic mass is 9.92. The molecule has 1 amide bonds. The van der Waals surface area contributed by atoms with Crippen LogP contribution >= 0.6 is 0 Å². The first kappa shape index (κ1) is 24.2.